The smallest absolute Gasteiger partial charge is 0.348 e. The molecule has 0 aliphatic carbocycles. The Morgan fingerprint density at radius 1 is 1.00 bits per heavy atom. The molecule has 0 atom stereocenters. The van der Waals surface area contributed by atoms with Crippen molar-refractivity contribution in [3.63, 3.8) is 0 Å². The van der Waals surface area contributed by atoms with Crippen molar-refractivity contribution in [3.8, 4) is 16.1 Å². The van der Waals surface area contributed by atoms with Crippen LogP contribution in [0.1, 0.15) is 21.6 Å². The molecule has 0 saturated carbocycles. The number of amides is 1. The van der Waals surface area contributed by atoms with Gasteiger partial charge in [0.15, 0.2) is 5.69 Å². The highest BCUT2D eigenvalue weighted by atomic mass is 32.1. The van der Waals surface area contributed by atoms with E-state index in [1.807, 2.05) is 41.8 Å². The summed E-state index contributed by atoms with van der Waals surface area (Å²) < 4.78 is 41.8. The first-order valence-corrected chi connectivity index (χ1v) is 9.93. The molecule has 0 spiro atoms. The molecule has 2 aromatic carbocycles. The molecule has 30 heavy (non-hydrogen) atoms. The van der Waals surface area contributed by atoms with Gasteiger partial charge >= 0.3 is 6.18 Å². The van der Waals surface area contributed by atoms with E-state index in [0.29, 0.717) is 0 Å². The SMILES string of the molecule is O=C(NCc1ccc(-c2cccs2)cc1)c1cnn(-c2ccccc2)c1C(F)(F)F. The summed E-state index contributed by atoms with van der Waals surface area (Å²) in [6, 6.07) is 19.4. The fourth-order valence-corrected chi connectivity index (χ4v) is 3.79. The predicted octanol–water partition coefficient (Wildman–Crippen LogP) is 5.55. The zero-order valence-corrected chi connectivity index (χ0v) is 16.4. The second-order valence-electron chi connectivity index (χ2n) is 6.51. The Morgan fingerprint density at radius 2 is 1.73 bits per heavy atom. The summed E-state index contributed by atoms with van der Waals surface area (Å²) in [6.45, 7) is 0.108. The van der Waals surface area contributed by atoms with Crippen molar-refractivity contribution in [1.82, 2.24) is 15.1 Å². The lowest BCUT2D eigenvalue weighted by atomic mass is 10.1. The largest absolute Gasteiger partial charge is 0.434 e. The quantitative estimate of drug-likeness (QED) is 0.454. The van der Waals surface area contributed by atoms with Crippen LogP contribution in [0.4, 0.5) is 13.2 Å². The van der Waals surface area contributed by atoms with Gasteiger partial charge < -0.3 is 5.32 Å². The first-order chi connectivity index (χ1) is 14.4. The van der Waals surface area contributed by atoms with Gasteiger partial charge in [-0.25, -0.2) is 4.68 Å². The highest BCUT2D eigenvalue weighted by Crippen LogP contribution is 2.33. The summed E-state index contributed by atoms with van der Waals surface area (Å²) in [5, 5.41) is 8.35. The molecule has 1 amide bonds. The molecule has 0 aliphatic heterocycles. The van der Waals surface area contributed by atoms with Crippen LogP contribution < -0.4 is 5.32 Å². The average Bonchev–Trinajstić information content (AvgIpc) is 3.43. The number of para-hydroxylation sites is 1. The molecule has 152 valence electrons. The van der Waals surface area contributed by atoms with Crippen LogP contribution in [-0.4, -0.2) is 15.7 Å². The number of benzene rings is 2. The molecule has 8 heteroatoms. The zero-order valence-electron chi connectivity index (χ0n) is 15.6. The van der Waals surface area contributed by atoms with Crippen LogP contribution in [0, 0.1) is 0 Å². The fourth-order valence-electron chi connectivity index (χ4n) is 3.06. The van der Waals surface area contributed by atoms with E-state index < -0.39 is 23.3 Å². The molecule has 1 N–H and O–H groups in total. The molecule has 0 saturated heterocycles. The van der Waals surface area contributed by atoms with Gasteiger partial charge in [0.2, 0.25) is 0 Å². The summed E-state index contributed by atoms with van der Waals surface area (Å²) in [5.41, 5.74) is 0.449. The number of thiophene rings is 1. The van der Waals surface area contributed by atoms with Gasteiger partial charge in [-0.1, -0.05) is 48.5 Å². The van der Waals surface area contributed by atoms with Gasteiger partial charge in [-0.05, 0) is 34.7 Å². The van der Waals surface area contributed by atoms with E-state index in [-0.39, 0.29) is 12.2 Å². The molecule has 4 aromatic rings. The van der Waals surface area contributed by atoms with E-state index in [1.54, 1.807) is 29.5 Å². The molecule has 2 aromatic heterocycles. The van der Waals surface area contributed by atoms with Gasteiger partial charge in [0.1, 0.15) is 0 Å². The molecule has 2 heterocycles. The van der Waals surface area contributed by atoms with Crippen LogP contribution in [0.3, 0.4) is 0 Å². The number of halogens is 3. The summed E-state index contributed by atoms with van der Waals surface area (Å²) in [5.74, 6) is -0.827. The fraction of sp³-hybridized carbons (Fsp3) is 0.0909. The first kappa shape index (κ1) is 19.9. The second kappa shape index (κ2) is 8.16. The van der Waals surface area contributed by atoms with Crippen molar-refractivity contribution >= 4 is 17.2 Å². The van der Waals surface area contributed by atoms with Crippen molar-refractivity contribution < 1.29 is 18.0 Å². The Hall–Kier alpha value is -3.39. The van der Waals surface area contributed by atoms with Crippen LogP contribution in [0.2, 0.25) is 0 Å². The monoisotopic (exact) mass is 427 g/mol. The highest BCUT2D eigenvalue weighted by Gasteiger charge is 2.40. The number of aromatic nitrogens is 2. The molecule has 0 radical (unpaired) electrons. The normalized spacial score (nSPS) is 11.4. The Balaban J connectivity index is 1.53. The summed E-state index contributed by atoms with van der Waals surface area (Å²) in [6.07, 6.45) is -3.79. The van der Waals surface area contributed by atoms with Crippen LogP contribution in [-0.2, 0) is 12.7 Å². The molecule has 0 unspecified atom stereocenters. The van der Waals surface area contributed by atoms with Gasteiger partial charge in [0.25, 0.3) is 5.91 Å². The lowest BCUT2D eigenvalue weighted by Gasteiger charge is -2.13. The molecule has 4 rings (SSSR count). The van der Waals surface area contributed by atoms with Crippen molar-refractivity contribution in [3.05, 3.63) is 95.1 Å². The third-order valence-electron chi connectivity index (χ3n) is 4.50. The minimum atomic E-state index is -4.73. The van der Waals surface area contributed by atoms with Gasteiger partial charge in [0.05, 0.1) is 17.4 Å². The number of carbonyl (C=O) groups excluding carboxylic acids is 1. The van der Waals surface area contributed by atoms with Gasteiger partial charge in [-0.15, -0.1) is 11.3 Å². The number of rotatable bonds is 5. The number of hydrogen-bond donors (Lipinski definition) is 1. The zero-order chi connectivity index (χ0) is 21.1. The first-order valence-electron chi connectivity index (χ1n) is 9.05. The van der Waals surface area contributed by atoms with Crippen LogP contribution in [0.25, 0.3) is 16.1 Å². The topological polar surface area (TPSA) is 46.9 Å². The van der Waals surface area contributed by atoms with Gasteiger partial charge in [-0.2, -0.15) is 18.3 Å². The predicted molar refractivity (Wildman–Crippen MR) is 109 cm³/mol. The lowest BCUT2D eigenvalue weighted by molar-refractivity contribution is -0.143. The van der Waals surface area contributed by atoms with Crippen molar-refractivity contribution in [2.75, 3.05) is 0 Å². The molecular formula is C22H16F3N3OS. The third kappa shape index (κ3) is 4.13. The van der Waals surface area contributed by atoms with Crippen LogP contribution >= 0.6 is 11.3 Å². The maximum Gasteiger partial charge on any atom is 0.434 e. The Morgan fingerprint density at radius 3 is 2.37 bits per heavy atom. The Labute approximate surface area is 174 Å². The van der Waals surface area contributed by atoms with E-state index in [2.05, 4.69) is 10.4 Å². The van der Waals surface area contributed by atoms with E-state index in [9.17, 15) is 18.0 Å². The molecular weight excluding hydrogens is 411 g/mol. The summed E-state index contributed by atoms with van der Waals surface area (Å²) in [4.78, 5) is 13.6. The van der Waals surface area contributed by atoms with E-state index in [4.69, 9.17) is 0 Å². The number of carbonyl (C=O) groups is 1. The minimum Gasteiger partial charge on any atom is -0.348 e. The van der Waals surface area contributed by atoms with Gasteiger partial charge in [-0.3, -0.25) is 4.79 Å². The van der Waals surface area contributed by atoms with Crippen molar-refractivity contribution in [2.24, 2.45) is 0 Å². The molecule has 0 aliphatic rings. The molecule has 4 nitrogen and oxygen atoms in total. The summed E-state index contributed by atoms with van der Waals surface area (Å²) in [7, 11) is 0. The van der Waals surface area contributed by atoms with E-state index >= 15 is 0 Å². The second-order valence-corrected chi connectivity index (χ2v) is 7.46. The molecule has 0 fully saturated rings. The van der Waals surface area contributed by atoms with Crippen LogP contribution in [0.5, 0.6) is 0 Å². The Kier molecular flexibility index (Phi) is 5.41. The molecule has 0 bridgehead atoms. The summed E-state index contributed by atoms with van der Waals surface area (Å²) >= 11 is 1.62. The maximum absolute atomic E-state index is 13.7. The lowest BCUT2D eigenvalue weighted by Crippen LogP contribution is -2.26. The maximum atomic E-state index is 13.7. The number of hydrogen-bond acceptors (Lipinski definition) is 3. The Bertz CT molecular complexity index is 1130. The van der Waals surface area contributed by atoms with E-state index in [1.165, 1.54) is 12.1 Å². The van der Waals surface area contributed by atoms with Crippen molar-refractivity contribution in [1.29, 1.82) is 0 Å². The van der Waals surface area contributed by atoms with Gasteiger partial charge in [0, 0.05) is 11.4 Å². The number of nitrogens with one attached hydrogen (secondary N) is 1. The van der Waals surface area contributed by atoms with E-state index in [0.717, 1.165) is 26.9 Å². The highest BCUT2D eigenvalue weighted by molar-refractivity contribution is 7.13. The third-order valence-corrected chi connectivity index (χ3v) is 5.41. The number of nitrogens with zero attached hydrogens (tertiary/aromatic N) is 2. The average molecular weight is 427 g/mol. The number of alkyl halides is 3. The standard InChI is InChI=1S/C22H16F3N3OS/c23-22(24,25)20-18(14-27-28(20)17-5-2-1-3-6-17)21(29)26-13-15-8-10-16(11-9-15)19-7-4-12-30-19/h1-12,14H,13H2,(H,26,29). The van der Waals surface area contributed by atoms with Crippen molar-refractivity contribution in [2.45, 2.75) is 12.7 Å². The minimum absolute atomic E-state index is 0.108. The van der Waals surface area contributed by atoms with Crippen LogP contribution in [0.15, 0.2) is 78.3 Å².